The summed E-state index contributed by atoms with van der Waals surface area (Å²) < 4.78 is 10.5. The minimum absolute atomic E-state index is 0.223. The van der Waals surface area contributed by atoms with Gasteiger partial charge in [0, 0.05) is 5.33 Å². The fourth-order valence-corrected chi connectivity index (χ4v) is 1.93. The van der Waals surface area contributed by atoms with Gasteiger partial charge in [0.05, 0.1) is 0 Å². The molecule has 0 rings (SSSR count). The Hall–Kier alpha value is 0.750. The molecule has 4 heteroatoms. The van der Waals surface area contributed by atoms with Gasteiger partial charge in [0.2, 0.25) is 0 Å². The summed E-state index contributed by atoms with van der Waals surface area (Å²) in [5.41, 5.74) is 0. The molecule has 1 unspecified atom stereocenters. The lowest BCUT2D eigenvalue weighted by Gasteiger charge is -2.04. The minimum atomic E-state index is -0.879. The lowest BCUT2D eigenvalue weighted by Crippen LogP contribution is -2.13. The second-order valence-corrected chi connectivity index (χ2v) is 3.73. The van der Waals surface area contributed by atoms with Crippen LogP contribution in [0.5, 0.6) is 0 Å². The number of alkyl halides is 1. The van der Waals surface area contributed by atoms with Crippen LogP contribution in [0, 0.1) is 0 Å². The van der Waals surface area contributed by atoms with E-state index in [1.165, 1.54) is 0 Å². The summed E-state index contributed by atoms with van der Waals surface area (Å²) in [6, 6.07) is 0. The average Bonchev–Trinajstić information content (AvgIpc) is 1.68. The summed E-state index contributed by atoms with van der Waals surface area (Å²) in [5.74, 6) is 0.897. The van der Waals surface area contributed by atoms with E-state index >= 15 is 0 Å². The Morgan fingerprint density at radius 3 is 2.50 bits per heavy atom. The Bertz CT molecular complexity index is 47.3. The highest BCUT2D eigenvalue weighted by Gasteiger charge is 2.01. The van der Waals surface area contributed by atoms with E-state index in [0.29, 0.717) is 11.5 Å². The largest absolute Gasteiger partial charge is 0.616 e. The van der Waals surface area contributed by atoms with Crippen molar-refractivity contribution in [3.8, 4) is 0 Å². The van der Waals surface area contributed by atoms with Gasteiger partial charge >= 0.3 is 0 Å². The topological polar surface area (TPSA) is 43.0 Å². The van der Waals surface area contributed by atoms with Gasteiger partial charge < -0.3 is 4.55 Å². The lowest BCUT2D eigenvalue weighted by molar-refractivity contribution is 0.213. The molecule has 0 heterocycles. The van der Waals surface area contributed by atoms with Crippen LogP contribution in [0.4, 0.5) is 0 Å². The maximum atomic E-state index is 10.5. The van der Waals surface area contributed by atoms with Crippen LogP contribution in [0.25, 0.3) is 0 Å². The lowest BCUT2D eigenvalue weighted by atomic mass is 10.9. The molecule has 1 radical (unpaired) electrons. The Morgan fingerprint density at radius 2 is 2.12 bits per heavy atom. The highest BCUT2D eigenvalue weighted by Crippen LogP contribution is 1.91. The summed E-state index contributed by atoms with van der Waals surface area (Å²) in [7, 11) is 0. The zero-order valence-corrected chi connectivity index (χ0v) is 6.83. The molecule has 0 aliphatic rings. The van der Waals surface area contributed by atoms with E-state index in [1.807, 2.05) is 0 Å². The molecular weight excluding hydrogens is 192 g/mol. The van der Waals surface area contributed by atoms with Gasteiger partial charge in [0.25, 0.3) is 0 Å². The van der Waals surface area contributed by atoms with Crippen LogP contribution in [0.3, 0.4) is 0 Å². The molecule has 1 atom stereocenters. The highest BCUT2D eigenvalue weighted by molar-refractivity contribution is 9.09. The van der Waals surface area contributed by atoms with E-state index in [1.54, 1.807) is 0 Å². The van der Waals surface area contributed by atoms with E-state index in [-0.39, 0.29) is 6.61 Å². The predicted molar refractivity (Wildman–Crippen MR) is 37.2 cm³/mol. The van der Waals surface area contributed by atoms with Crippen LogP contribution in [0.1, 0.15) is 0 Å². The molecule has 0 N–H and O–H groups in total. The Labute approximate surface area is 60.6 Å². The fourth-order valence-electron chi connectivity index (χ4n) is 0.281. The second kappa shape index (κ2) is 5.88. The van der Waals surface area contributed by atoms with Crippen LogP contribution in [0.2, 0.25) is 0 Å². The summed E-state index contributed by atoms with van der Waals surface area (Å²) >= 11 is 2.25. The van der Waals surface area contributed by atoms with Gasteiger partial charge in [0.1, 0.15) is 18.1 Å². The van der Waals surface area contributed by atoms with Gasteiger partial charge in [-0.2, -0.15) is 0 Å². The minimum Gasteiger partial charge on any atom is -0.616 e. The number of hydrogen-bond donors (Lipinski definition) is 0. The van der Waals surface area contributed by atoms with Crippen LogP contribution < -0.4 is 0 Å². The van der Waals surface area contributed by atoms with Crippen molar-refractivity contribution < 1.29 is 9.66 Å². The smallest absolute Gasteiger partial charge is 0.132 e. The van der Waals surface area contributed by atoms with Gasteiger partial charge in [-0.05, 0) is 0 Å². The van der Waals surface area contributed by atoms with Crippen molar-refractivity contribution in [2.45, 2.75) is 0 Å². The normalized spacial score (nSPS) is 13.9. The molecule has 8 heavy (non-hydrogen) atoms. The van der Waals surface area contributed by atoms with Gasteiger partial charge in [-0.25, -0.2) is 5.11 Å². The summed E-state index contributed by atoms with van der Waals surface area (Å²) in [5, 5.41) is 10.5. The molecule has 0 aliphatic heterocycles. The van der Waals surface area contributed by atoms with E-state index in [0.717, 1.165) is 5.33 Å². The molecule has 0 bridgehead atoms. The Morgan fingerprint density at radius 1 is 1.50 bits per heavy atom. The number of rotatable bonds is 4. The van der Waals surface area contributed by atoms with E-state index in [9.17, 15) is 9.66 Å². The first-order valence-corrected chi connectivity index (χ1v) is 4.91. The standard InChI is InChI=1S/C4H8BrO2S/c5-1-3-8(7)4-2-6/h1-4H2. The summed E-state index contributed by atoms with van der Waals surface area (Å²) in [6.07, 6.45) is 0. The van der Waals surface area contributed by atoms with Crippen LogP contribution in [-0.4, -0.2) is 28.0 Å². The maximum absolute atomic E-state index is 10.5. The molecule has 0 fully saturated rings. The van der Waals surface area contributed by atoms with Crippen molar-refractivity contribution in [3.05, 3.63) is 0 Å². The monoisotopic (exact) mass is 199 g/mol. The van der Waals surface area contributed by atoms with E-state index in [2.05, 4.69) is 15.9 Å². The highest BCUT2D eigenvalue weighted by atomic mass is 79.9. The predicted octanol–water partition coefficient (Wildman–Crippen LogP) is 0.561. The molecule has 0 aromatic heterocycles. The quantitative estimate of drug-likeness (QED) is 0.483. The molecule has 2 nitrogen and oxygen atoms in total. The van der Waals surface area contributed by atoms with Crippen molar-refractivity contribution in [1.82, 2.24) is 0 Å². The average molecular weight is 200 g/mol. The molecule has 0 saturated heterocycles. The van der Waals surface area contributed by atoms with Crippen LogP contribution in [0.15, 0.2) is 0 Å². The first-order chi connectivity index (χ1) is 3.81. The fraction of sp³-hybridized carbons (Fsp3) is 1.00. The molecule has 0 spiro atoms. The maximum Gasteiger partial charge on any atom is 0.132 e. The van der Waals surface area contributed by atoms with E-state index < -0.39 is 11.2 Å². The van der Waals surface area contributed by atoms with Gasteiger partial charge in [-0.3, -0.25) is 0 Å². The molecule has 0 saturated carbocycles. The van der Waals surface area contributed by atoms with Gasteiger partial charge in [-0.15, -0.1) is 0 Å². The molecule has 0 amide bonds. The summed E-state index contributed by atoms with van der Waals surface area (Å²) in [6.45, 7) is -0.223. The zero-order chi connectivity index (χ0) is 6.41. The number of halogens is 1. The van der Waals surface area contributed by atoms with Gasteiger partial charge in [0.15, 0.2) is 0 Å². The van der Waals surface area contributed by atoms with Crippen molar-refractivity contribution in [3.63, 3.8) is 0 Å². The van der Waals surface area contributed by atoms with Crippen molar-refractivity contribution in [2.75, 3.05) is 23.4 Å². The summed E-state index contributed by atoms with van der Waals surface area (Å²) in [4.78, 5) is 0. The molecule has 0 aromatic carbocycles. The second-order valence-electron chi connectivity index (χ2n) is 1.24. The van der Waals surface area contributed by atoms with Crippen molar-refractivity contribution >= 4 is 27.1 Å². The molecule has 0 aliphatic carbocycles. The van der Waals surface area contributed by atoms with Crippen LogP contribution >= 0.6 is 15.9 Å². The first-order valence-electron chi connectivity index (χ1n) is 2.30. The third-order valence-electron chi connectivity index (χ3n) is 0.616. The van der Waals surface area contributed by atoms with Gasteiger partial charge in [-0.1, -0.05) is 27.1 Å². The van der Waals surface area contributed by atoms with Crippen molar-refractivity contribution in [1.29, 1.82) is 0 Å². The van der Waals surface area contributed by atoms with Crippen molar-refractivity contribution in [2.24, 2.45) is 0 Å². The third kappa shape index (κ3) is 4.90. The van der Waals surface area contributed by atoms with E-state index in [4.69, 9.17) is 0 Å². The molecule has 49 valence electrons. The third-order valence-corrected chi connectivity index (χ3v) is 2.82. The first kappa shape index (κ1) is 8.75. The van der Waals surface area contributed by atoms with Crippen LogP contribution in [-0.2, 0) is 16.3 Å². The zero-order valence-electron chi connectivity index (χ0n) is 4.43. The Kier molecular flexibility index (Phi) is 6.43. The molecule has 0 aromatic rings. The Balaban J connectivity index is 2.92. The SMILES string of the molecule is [O]CC[S+]([O-])CCBr. The number of hydrogen-bond acceptors (Lipinski definition) is 1. The molecular formula is C4H8BrO2S.